The maximum atomic E-state index is 12.4. The number of fused-ring (bicyclic) bond motifs is 1. The summed E-state index contributed by atoms with van der Waals surface area (Å²) < 4.78 is 40.4. The van der Waals surface area contributed by atoms with Crippen molar-refractivity contribution in [3.05, 3.63) is 35.9 Å². The third-order valence-electron chi connectivity index (χ3n) is 6.39. The summed E-state index contributed by atoms with van der Waals surface area (Å²) in [4.78, 5) is 12.4. The molecule has 4 aliphatic rings. The maximum absolute atomic E-state index is 12.4. The van der Waals surface area contributed by atoms with E-state index in [9.17, 15) is 4.79 Å². The molecule has 6 atom stereocenters. The number of carbonyl (C=O) groups is 1. The number of hydrogen-bond donors (Lipinski definition) is 0. The number of benzene rings is 1. The van der Waals surface area contributed by atoms with Crippen LogP contribution in [0.2, 0.25) is 0 Å². The first-order valence-electron chi connectivity index (χ1n) is 12.0. The van der Waals surface area contributed by atoms with Gasteiger partial charge in [0, 0.05) is 19.1 Å². The van der Waals surface area contributed by atoms with Gasteiger partial charge in [-0.2, -0.15) is 0 Å². The van der Waals surface area contributed by atoms with Crippen molar-refractivity contribution in [2.75, 3.05) is 26.4 Å². The summed E-state index contributed by atoms with van der Waals surface area (Å²) >= 11 is 0. The van der Waals surface area contributed by atoms with E-state index in [1.807, 2.05) is 24.3 Å². The second-order valence-corrected chi connectivity index (χ2v) is 8.86. The summed E-state index contributed by atoms with van der Waals surface area (Å²) in [5, 5.41) is 0. The van der Waals surface area contributed by atoms with Crippen molar-refractivity contribution >= 4 is 12.0 Å². The zero-order valence-corrected chi connectivity index (χ0v) is 18.8. The van der Waals surface area contributed by atoms with E-state index in [1.54, 1.807) is 6.08 Å². The van der Waals surface area contributed by atoms with E-state index >= 15 is 0 Å². The van der Waals surface area contributed by atoms with Crippen LogP contribution in [0.4, 0.5) is 0 Å². The van der Waals surface area contributed by atoms with E-state index in [0.29, 0.717) is 13.2 Å². The summed E-state index contributed by atoms with van der Waals surface area (Å²) in [5.41, 5.74) is 0.877. The molecule has 1 aromatic carbocycles. The fourth-order valence-electron chi connectivity index (χ4n) is 4.63. The van der Waals surface area contributed by atoms with Gasteiger partial charge in [-0.25, -0.2) is 4.79 Å². The van der Waals surface area contributed by atoms with E-state index in [-0.39, 0.29) is 30.9 Å². The maximum Gasteiger partial charge on any atom is 0.331 e. The van der Waals surface area contributed by atoms with Crippen LogP contribution in [0.5, 0.6) is 5.75 Å². The standard InChI is InChI=1S/C25H32O8/c26-21(12-9-17-7-10-18(11-8-17)31-22-5-1-3-13-27-22)32-19-15-29-25-20(16-30-24(19)25)33-23-6-2-4-14-28-23/h7-12,19-20,22-25H,1-6,13-16H2/t19-,20+,22?,23?,24?,25?/m0/s1. The van der Waals surface area contributed by atoms with Crippen molar-refractivity contribution in [2.45, 2.75) is 75.5 Å². The van der Waals surface area contributed by atoms with Gasteiger partial charge >= 0.3 is 5.97 Å². The van der Waals surface area contributed by atoms with Crippen LogP contribution in [-0.4, -0.2) is 69.4 Å². The lowest BCUT2D eigenvalue weighted by Crippen LogP contribution is -2.37. The zero-order valence-electron chi connectivity index (χ0n) is 18.8. The van der Waals surface area contributed by atoms with Gasteiger partial charge in [-0.15, -0.1) is 0 Å². The van der Waals surface area contributed by atoms with Gasteiger partial charge in [0.05, 0.1) is 19.8 Å². The Morgan fingerprint density at radius 1 is 0.818 bits per heavy atom. The molecule has 0 spiro atoms. The molecule has 0 bridgehead atoms. The van der Waals surface area contributed by atoms with Gasteiger partial charge in [-0.1, -0.05) is 12.1 Å². The van der Waals surface area contributed by atoms with E-state index in [0.717, 1.165) is 63.1 Å². The van der Waals surface area contributed by atoms with Crippen molar-refractivity contribution in [1.82, 2.24) is 0 Å². The Hall–Kier alpha value is -1.97. The van der Waals surface area contributed by atoms with Crippen LogP contribution in [0.1, 0.15) is 44.1 Å². The molecule has 0 N–H and O–H groups in total. The summed E-state index contributed by atoms with van der Waals surface area (Å²) in [6.45, 7) is 2.19. The smallest absolute Gasteiger partial charge is 0.331 e. The van der Waals surface area contributed by atoms with Gasteiger partial charge in [0.1, 0.15) is 24.1 Å². The second kappa shape index (κ2) is 11.0. The molecule has 0 saturated carbocycles. The highest BCUT2D eigenvalue weighted by molar-refractivity contribution is 5.87. The predicted octanol–water partition coefficient (Wildman–Crippen LogP) is 3.23. The molecule has 1 aromatic rings. The van der Waals surface area contributed by atoms with Crippen LogP contribution in [-0.2, 0) is 33.2 Å². The summed E-state index contributed by atoms with van der Waals surface area (Å²) in [6.07, 6.45) is 7.75. The number of rotatable bonds is 7. The lowest BCUT2D eigenvalue weighted by atomic mass is 10.1. The van der Waals surface area contributed by atoms with Crippen molar-refractivity contribution < 1.29 is 38.0 Å². The van der Waals surface area contributed by atoms with Crippen LogP contribution in [0.15, 0.2) is 30.3 Å². The van der Waals surface area contributed by atoms with E-state index in [4.69, 9.17) is 33.2 Å². The molecule has 4 heterocycles. The average molecular weight is 461 g/mol. The van der Waals surface area contributed by atoms with Gasteiger partial charge in [-0.3, -0.25) is 0 Å². The Labute approximate surface area is 194 Å². The van der Waals surface area contributed by atoms with E-state index in [2.05, 4.69) is 0 Å². The lowest BCUT2D eigenvalue weighted by Gasteiger charge is -2.27. The molecule has 4 saturated heterocycles. The minimum Gasteiger partial charge on any atom is -0.465 e. The molecule has 4 aliphatic heterocycles. The first kappa shape index (κ1) is 22.8. The van der Waals surface area contributed by atoms with Crippen LogP contribution >= 0.6 is 0 Å². The molecule has 180 valence electrons. The van der Waals surface area contributed by atoms with Crippen LogP contribution in [0.3, 0.4) is 0 Å². The molecule has 0 aromatic heterocycles. The summed E-state index contributed by atoms with van der Waals surface area (Å²) in [6, 6.07) is 7.54. The SMILES string of the molecule is O=C(C=Cc1ccc(OC2CCCCO2)cc1)O[C@H]1COC2C1OC[C@H]2OC1CCCCO1. The highest BCUT2D eigenvalue weighted by Crippen LogP contribution is 2.32. The minimum absolute atomic E-state index is 0.175. The topological polar surface area (TPSA) is 81.7 Å². The molecular weight excluding hydrogens is 428 g/mol. The largest absolute Gasteiger partial charge is 0.465 e. The zero-order chi connectivity index (χ0) is 22.5. The Morgan fingerprint density at radius 2 is 1.48 bits per heavy atom. The third-order valence-corrected chi connectivity index (χ3v) is 6.39. The average Bonchev–Trinajstić information content (AvgIpc) is 3.43. The summed E-state index contributed by atoms with van der Waals surface area (Å²) in [5.74, 6) is 0.327. The second-order valence-electron chi connectivity index (χ2n) is 8.86. The van der Waals surface area contributed by atoms with Gasteiger partial charge in [0.25, 0.3) is 0 Å². The van der Waals surface area contributed by atoms with Crippen molar-refractivity contribution in [3.8, 4) is 5.75 Å². The molecular formula is C25H32O8. The highest BCUT2D eigenvalue weighted by atomic mass is 16.7. The Bertz CT molecular complexity index is 797. The fraction of sp³-hybridized carbons (Fsp3) is 0.640. The quantitative estimate of drug-likeness (QED) is 0.453. The van der Waals surface area contributed by atoms with Crippen molar-refractivity contribution in [2.24, 2.45) is 0 Å². The van der Waals surface area contributed by atoms with Gasteiger partial charge in [-0.05, 0) is 55.9 Å². The molecule has 0 aliphatic carbocycles. The number of ether oxygens (including phenoxy) is 7. The van der Waals surface area contributed by atoms with Gasteiger partial charge < -0.3 is 33.2 Å². The fourth-order valence-corrected chi connectivity index (χ4v) is 4.63. The molecule has 5 rings (SSSR count). The van der Waals surface area contributed by atoms with Crippen LogP contribution in [0, 0.1) is 0 Å². The lowest BCUT2D eigenvalue weighted by molar-refractivity contribution is -0.202. The normalized spacial score (nSPS) is 34.3. The molecule has 8 nitrogen and oxygen atoms in total. The highest BCUT2D eigenvalue weighted by Gasteiger charge is 2.50. The first-order chi connectivity index (χ1) is 16.2. The van der Waals surface area contributed by atoms with Crippen molar-refractivity contribution in [3.63, 3.8) is 0 Å². The predicted molar refractivity (Wildman–Crippen MR) is 118 cm³/mol. The Kier molecular flexibility index (Phi) is 7.58. The molecule has 33 heavy (non-hydrogen) atoms. The Balaban J connectivity index is 1.08. The molecule has 0 amide bonds. The first-order valence-corrected chi connectivity index (χ1v) is 12.0. The van der Waals surface area contributed by atoms with Crippen LogP contribution in [0.25, 0.3) is 6.08 Å². The van der Waals surface area contributed by atoms with Gasteiger partial charge in [0.2, 0.25) is 0 Å². The Morgan fingerprint density at radius 3 is 2.18 bits per heavy atom. The number of esters is 1. The number of hydrogen-bond acceptors (Lipinski definition) is 8. The number of carbonyl (C=O) groups excluding carboxylic acids is 1. The van der Waals surface area contributed by atoms with Crippen molar-refractivity contribution in [1.29, 1.82) is 0 Å². The third kappa shape index (κ3) is 5.94. The van der Waals surface area contributed by atoms with E-state index in [1.165, 1.54) is 6.08 Å². The monoisotopic (exact) mass is 460 g/mol. The summed E-state index contributed by atoms with van der Waals surface area (Å²) in [7, 11) is 0. The molecule has 8 heteroatoms. The van der Waals surface area contributed by atoms with Crippen LogP contribution < -0.4 is 4.74 Å². The minimum atomic E-state index is -0.445. The van der Waals surface area contributed by atoms with Gasteiger partial charge in [0.15, 0.2) is 18.7 Å². The molecule has 0 radical (unpaired) electrons. The van der Waals surface area contributed by atoms with E-state index < -0.39 is 12.1 Å². The molecule has 4 unspecified atom stereocenters. The molecule has 4 fully saturated rings.